The molecule has 3 heteroatoms. The van der Waals surface area contributed by atoms with Crippen LogP contribution >= 0.6 is 12.4 Å². The van der Waals surface area contributed by atoms with Crippen LogP contribution in [0.1, 0.15) is 39.0 Å². The average Bonchev–Trinajstić information content (AvgIpc) is 2.29. The first-order chi connectivity index (χ1) is 5.74. The van der Waals surface area contributed by atoms with Gasteiger partial charge in [0.2, 0.25) is 0 Å². The van der Waals surface area contributed by atoms with E-state index in [4.69, 9.17) is 0 Å². The minimum atomic E-state index is 0. The summed E-state index contributed by atoms with van der Waals surface area (Å²) >= 11 is 0. The van der Waals surface area contributed by atoms with E-state index in [1.807, 2.05) is 0 Å². The Morgan fingerprint density at radius 1 is 1.31 bits per heavy atom. The van der Waals surface area contributed by atoms with Crippen molar-refractivity contribution in [3.8, 4) is 0 Å². The molecule has 2 heterocycles. The minimum absolute atomic E-state index is 0. The van der Waals surface area contributed by atoms with E-state index in [1.165, 1.54) is 25.7 Å². The van der Waals surface area contributed by atoms with Crippen LogP contribution < -0.4 is 5.32 Å². The standard InChI is InChI=1S/C10H17NO.ClH/c1-7(12)4-8-5-9-2-3-10(6-8)11-9;/h8-11H,2-6H2,1H3;1H/t8?,9-,10+;. The highest BCUT2D eigenvalue weighted by Crippen LogP contribution is 2.32. The number of hydrogen-bond donors (Lipinski definition) is 1. The summed E-state index contributed by atoms with van der Waals surface area (Å²) in [6.07, 6.45) is 5.94. The number of hydrogen-bond acceptors (Lipinski definition) is 2. The summed E-state index contributed by atoms with van der Waals surface area (Å²) in [5, 5.41) is 3.58. The zero-order chi connectivity index (χ0) is 8.55. The van der Waals surface area contributed by atoms with Crippen LogP contribution in [0.4, 0.5) is 0 Å². The Kier molecular flexibility index (Phi) is 3.74. The molecule has 0 aliphatic carbocycles. The largest absolute Gasteiger partial charge is 0.311 e. The molecule has 0 radical (unpaired) electrons. The van der Waals surface area contributed by atoms with Crippen LogP contribution in [-0.2, 0) is 4.79 Å². The molecule has 3 atom stereocenters. The number of carbonyl (C=O) groups is 1. The summed E-state index contributed by atoms with van der Waals surface area (Å²) in [6.45, 7) is 1.71. The molecule has 2 saturated heterocycles. The quantitative estimate of drug-likeness (QED) is 0.743. The normalized spacial score (nSPS) is 36.8. The van der Waals surface area contributed by atoms with E-state index in [-0.39, 0.29) is 12.4 Å². The van der Waals surface area contributed by atoms with Gasteiger partial charge in [0.05, 0.1) is 0 Å². The maximum absolute atomic E-state index is 10.9. The molecule has 2 nitrogen and oxygen atoms in total. The van der Waals surface area contributed by atoms with Gasteiger partial charge in [-0.25, -0.2) is 0 Å². The fraction of sp³-hybridized carbons (Fsp3) is 0.900. The van der Waals surface area contributed by atoms with E-state index >= 15 is 0 Å². The molecule has 1 N–H and O–H groups in total. The number of carbonyl (C=O) groups excluding carboxylic acids is 1. The third kappa shape index (κ3) is 2.68. The number of fused-ring (bicyclic) bond motifs is 2. The van der Waals surface area contributed by atoms with Gasteiger partial charge in [-0.3, -0.25) is 0 Å². The van der Waals surface area contributed by atoms with Gasteiger partial charge in [0.25, 0.3) is 0 Å². The number of nitrogens with one attached hydrogen (secondary N) is 1. The molecule has 2 fully saturated rings. The number of ketones is 1. The van der Waals surface area contributed by atoms with Gasteiger partial charge in [-0.15, -0.1) is 12.4 Å². The van der Waals surface area contributed by atoms with E-state index < -0.39 is 0 Å². The van der Waals surface area contributed by atoms with Gasteiger partial charge in [-0.1, -0.05) is 0 Å². The predicted molar refractivity (Wildman–Crippen MR) is 55.2 cm³/mol. The lowest BCUT2D eigenvalue weighted by Crippen LogP contribution is -2.38. The monoisotopic (exact) mass is 203 g/mol. The van der Waals surface area contributed by atoms with Crippen molar-refractivity contribution in [2.75, 3.05) is 0 Å². The van der Waals surface area contributed by atoms with Crippen molar-refractivity contribution in [2.24, 2.45) is 5.92 Å². The molecular weight excluding hydrogens is 186 g/mol. The molecule has 0 aromatic rings. The summed E-state index contributed by atoms with van der Waals surface area (Å²) in [5.74, 6) is 1.04. The Bertz CT molecular complexity index is 183. The lowest BCUT2D eigenvalue weighted by molar-refractivity contribution is -0.118. The molecule has 2 rings (SSSR count). The van der Waals surface area contributed by atoms with Crippen LogP contribution in [0.3, 0.4) is 0 Å². The Morgan fingerprint density at radius 3 is 2.31 bits per heavy atom. The maximum atomic E-state index is 10.9. The smallest absolute Gasteiger partial charge is 0.130 e. The van der Waals surface area contributed by atoms with Gasteiger partial charge >= 0.3 is 0 Å². The van der Waals surface area contributed by atoms with Crippen molar-refractivity contribution in [1.82, 2.24) is 5.32 Å². The van der Waals surface area contributed by atoms with Crippen LogP contribution in [-0.4, -0.2) is 17.9 Å². The Hall–Kier alpha value is -0.0800. The van der Waals surface area contributed by atoms with Crippen molar-refractivity contribution in [1.29, 1.82) is 0 Å². The molecule has 13 heavy (non-hydrogen) atoms. The van der Waals surface area contributed by atoms with Gasteiger partial charge in [0.15, 0.2) is 0 Å². The maximum Gasteiger partial charge on any atom is 0.130 e. The molecule has 2 aliphatic rings. The van der Waals surface area contributed by atoms with E-state index in [1.54, 1.807) is 6.92 Å². The van der Waals surface area contributed by atoms with Gasteiger partial charge in [0, 0.05) is 18.5 Å². The summed E-state index contributed by atoms with van der Waals surface area (Å²) in [6, 6.07) is 1.46. The van der Waals surface area contributed by atoms with E-state index in [9.17, 15) is 4.79 Å². The van der Waals surface area contributed by atoms with Gasteiger partial charge < -0.3 is 10.1 Å². The molecule has 2 bridgehead atoms. The molecule has 0 aromatic heterocycles. The average molecular weight is 204 g/mol. The van der Waals surface area contributed by atoms with Gasteiger partial charge in [-0.05, 0) is 38.5 Å². The van der Waals surface area contributed by atoms with Crippen molar-refractivity contribution < 1.29 is 4.79 Å². The Balaban J connectivity index is 0.000000845. The molecule has 76 valence electrons. The topological polar surface area (TPSA) is 29.1 Å². The second-order valence-electron chi connectivity index (χ2n) is 4.38. The summed E-state index contributed by atoms with van der Waals surface area (Å²) in [4.78, 5) is 10.9. The number of piperidine rings is 1. The first-order valence-electron chi connectivity index (χ1n) is 4.99. The number of Topliss-reactive ketones (excluding diaryl/α,β-unsaturated/α-hetero) is 1. The summed E-state index contributed by atoms with van der Waals surface area (Å²) in [5.41, 5.74) is 0. The first-order valence-corrected chi connectivity index (χ1v) is 4.99. The van der Waals surface area contributed by atoms with E-state index in [0.717, 1.165) is 18.5 Å². The first kappa shape index (κ1) is 11.0. The Labute approximate surface area is 85.9 Å². The molecule has 1 unspecified atom stereocenters. The molecule has 2 aliphatic heterocycles. The second-order valence-corrected chi connectivity index (χ2v) is 4.38. The molecule has 0 saturated carbocycles. The molecule has 0 amide bonds. The third-order valence-electron chi connectivity index (χ3n) is 3.15. The second kappa shape index (κ2) is 4.43. The molecule has 0 spiro atoms. The van der Waals surface area contributed by atoms with Crippen molar-refractivity contribution in [3.63, 3.8) is 0 Å². The van der Waals surface area contributed by atoms with Crippen LogP contribution in [0.15, 0.2) is 0 Å². The molecule has 0 aromatic carbocycles. The van der Waals surface area contributed by atoms with Crippen LogP contribution in [0.2, 0.25) is 0 Å². The fourth-order valence-corrected chi connectivity index (χ4v) is 2.75. The fourth-order valence-electron chi connectivity index (χ4n) is 2.75. The number of halogens is 1. The zero-order valence-corrected chi connectivity index (χ0v) is 8.90. The van der Waals surface area contributed by atoms with Crippen LogP contribution in [0, 0.1) is 5.92 Å². The van der Waals surface area contributed by atoms with Crippen LogP contribution in [0.5, 0.6) is 0 Å². The number of rotatable bonds is 2. The zero-order valence-electron chi connectivity index (χ0n) is 8.08. The highest BCUT2D eigenvalue weighted by Gasteiger charge is 2.33. The van der Waals surface area contributed by atoms with E-state index in [2.05, 4.69) is 5.32 Å². The predicted octanol–water partition coefficient (Wildman–Crippen LogP) is 1.92. The van der Waals surface area contributed by atoms with Gasteiger partial charge in [-0.2, -0.15) is 0 Å². The summed E-state index contributed by atoms with van der Waals surface area (Å²) < 4.78 is 0. The minimum Gasteiger partial charge on any atom is -0.311 e. The highest BCUT2D eigenvalue weighted by atomic mass is 35.5. The third-order valence-corrected chi connectivity index (χ3v) is 3.15. The van der Waals surface area contributed by atoms with Crippen LogP contribution in [0.25, 0.3) is 0 Å². The van der Waals surface area contributed by atoms with Crippen molar-refractivity contribution in [2.45, 2.75) is 51.1 Å². The molecular formula is C10H18ClNO. The van der Waals surface area contributed by atoms with E-state index in [0.29, 0.717) is 11.7 Å². The lowest BCUT2D eigenvalue weighted by Gasteiger charge is -2.28. The summed E-state index contributed by atoms with van der Waals surface area (Å²) in [7, 11) is 0. The lowest BCUT2D eigenvalue weighted by atomic mass is 9.88. The Morgan fingerprint density at radius 2 is 1.85 bits per heavy atom. The van der Waals surface area contributed by atoms with Crippen molar-refractivity contribution >= 4 is 18.2 Å². The van der Waals surface area contributed by atoms with Crippen molar-refractivity contribution in [3.05, 3.63) is 0 Å². The SMILES string of the molecule is CC(=O)CC1C[C@H]2CC[C@@H](C1)N2.Cl. The van der Waals surface area contributed by atoms with Gasteiger partial charge in [0.1, 0.15) is 5.78 Å². The highest BCUT2D eigenvalue weighted by molar-refractivity contribution is 5.85.